The first-order valence-electron chi connectivity index (χ1n) is 13.5. The minimum Gasteiger partial charge on any atom is -0.461 e. The van der Waals surface area contributed by atoms with Crippen LogP contribution in [-0.2, 0) is 29.1 Å². The highest BCUT2D eigenvalue weighted by Gasteiger charge is 2.26. The molecule has 1 fully saturated rings. The summed E-state index contributed by atoms with van der Waals surface area (Å²) < 4.78 is 28.0. The summed E-state index contributed by atoms with van der Waals surface area (Å²) in [6.45, 7) is 8.88. The number of carbonyl (C=O) groups is 1. The zero-order chi connectivity index (χ0) is 26.9. The lowest BCUT2D eigenvalue weighted by Gasteiger charge is -2.36. The Bertz CT molecular complexity index is 1530. The number of aromatic nitrogens is 3. The normalized spacial score (nSPS) is 15.6. The fourth-order valence-electron chi connectivity index (χ4n) is 5.65. The molecule has 0 bridgehead atoms. The molecule has 0 radical (unpaired) electrons. The van der Waals surface area contributed by atoms with Crippen molar-refractivity contribution in [3.8, 4) is 5.69 Å². The maximum atomic E-state index is 15.1. The van der Waals surface area contributed by atoms with E-state index in [1.165, 1.54) is 17.1 Å². The third-order valence-corrected chi connectivity index (χ3v) is 7.67. The topological polar surface area (TPSA) is 72.7 Å². The fourth-order valence-corrected chi connectivity index (χ4v) is 5.65. The van der Waals surface area contributed by atoms with Gasteiger partial charge in [0.2, 0.25) is 0 Å². The molecule has 39 heavy (non-hydrogen) atoms. The summed E-state index contributed by atoms with van der Waals surface area (Å²) in [6, 6.07) is 13.8. The van der Waals surface area contributed by atoms with E-state index in [-0.39, 0.29) is 31.3 Å². The molecule has 0 saturated carbocycles. The summed E-state index contributed by atoms with van der Waals surface area (Å²) in [5, 5.41) is 1.18. The zero-order valence-corrected chi connectivity index (χ0v) is 22.3. The maximum Gasteiger partial charge on any atom is 0.358 e. The van der Waals surface area contributed by atoms with E-state index in [0.29, 0.717) is 17.7 Å². The van der Waals surface area contributed by atoms with Crippen molar-refractivity contribution in [2.75, 3.05) is 44.2 Å². The first-order valence-corrected chi connectivity index (χ1v) is 13.5. The smallest absolute Gasteiger partial charge is 0.358 e. The summed E-state index contributed by atoms with van der Waals surface area (Å²) in [4.78, 5) is 26.1. The van der Waals surface area contributed by atoms with E-state index in [4.69, 9.17) is 9.47 Å². The van der Waals surface area contributed by atoms with Crippen molar-refractivity contribution in [2.45, 2.75) is 33.5 Å². The molecule has 4 heterocycles. The molecule has 2 aliphatic heterocycles. The molecule has 202 valence electrons. The maximum absolute atomic E-state index is 15.1. The number of hydrogen-bond acceptors (Lipinski definition) is 7. The van der Waals surface area contributed by atoms with Crippen LogP contribution in [0, 0.1) is 12.7 Å². The second-order valence-corrected chi connectivity index (χ2v) is 10.0. The van der Waals surface area contributed by atoms with Crippen molar-refractivity contribution < 1.29 is 18.7 Å². The number of benzene rings is 2. The molecule has 0 aliphatic carbocycles. The number of nitrogens with zero attached hydrogens (tertiary/aromatic N) is 5. The molecule has 8 nitrogen and oxygen atoms in total. The number of esters is 1. The molecule has 2 aromatic carbocycles. The molecular formula is C30H32FN5O3. The van der Waals surface area contributed by atoms with Gasteiger partial charge in [-0.25, -0.2) is 14.2 Å². The highest BCUT2D eigenvalue weighted by molar-refractivity contribution is 5.92. The monoisotopic (exact) mass is 529 g/mol. The van der Waals surface area contributed by atoms with E-state index in [0.717, 1.165) is 55.2 Å². The second kappa shape index (κ2) is 10.7. The summed E-state index contributed by atoms with van der Waals surface area (Å²) in [6.07, 6.45) is 2.17. The molecule has 0 atom stereocenters. The van der Waals surface area contributed by atoms with E-state index in [1.807, 2.05) is 11.5 Å². The molecule has 0 spiro atoms. The van der Waals surface area contributed by atoms with Gasteiger partial charge in [-0.15, -0.1) is 0 Å². The van der Waals surface area contributed by atoms with Gasteiger partial charge < -0.3 is 14.4 Å². The van der Waals surface area contributed by atoms with Gasteiger partial charge in [0.25, 0.3) is 0 Å². The molecule has 1 saturated heterocycles. The number of imidazole rings is 1. The molecule has 6 rings (SSSR count). The van der Waals surface area contributed by atoms with Crippen molar-refractivity contribution >= 4 is 22.6 Å². The van der Waals surface area contributed by atoms with Crippen molar-refractivity contribution in [1.29, 1.82) is 0 Å². The van der Waals surface area contributed by atoms with E-state index in [9.17, 15) is 4.79 Å². The van der Waals surface area contributed by atoms with E-state index >= 15 is 4.39 Å². The number of rotatable bonds is 6. The standard InChI is InChI=1S/C30H32FN5O3/c1-3-39-30(37)29-28-18-38-17-23-21(24(31)9-10-27(23)36(28)19-32-29)11-12-34-13-15-35(16-14-34)26-6-4-5-25-22(26)8-7-20(2)33-25/h4-10,19H,3,11-18H2,1-2H3. The summed E-state index contributed by atoms with van der Waals surface area (Å²) in [5.74, 6) is -0.710. The molecule has 0 amide bonds. The number of aryl methyl sites for hydroxylation is 1. The van der Waals surface area contributed by atoms with Crippen LogP contribution in [-0.4, -0.2) is 64.7 Å². The Morgan fingerprint density at radius 1 is 1.05 bits per heavy atom. The number of fused-ring (bicyclic) bond motifs is 4. The van der Waals surface area contributed by atoms with Gasteiger partial charge in [-0.1, -0.05) is 6.07 Å². The average Bonchev–Trinajstić information content (AvgIpc) is 3.27. The number of ether oxygens (including phenoxy) is 2. The zero-order valence-electron chi connectivity index (χ0n) is 22.3. The highest BCUT2D eigenvalue weighted by Crippen LogP contribution is 2.30. The van der Waals surface area contributed by atoms with Crippen molar-refractivity contribution in [1.82, 2.24) is 19.4 Å². The van der Waals surface area contributed by atoms with Crippen LogP contribution in [0.5, 0.6) is 0 Å². The van der Waals surface area contributed by atoms with Gasteiger partial charge >= 0.3 is 5.97 Å². The Kier molecular flexibility index (Phi) is 7.01. The summed E-state index contributed by atoms with van der Waals surface area (Å²) in [7, 11) is 0. The van der Waals surface area contributed by atoms with E-state index in [1.54, 1.807) is 19.3 Å². The Morgan fingerprint density at radius 3 is 2.72 bits per heavy atom. The number of halogens is 1. The average molecular weight is 530 g/mol. The van der Waals surface area contributed by atoms with Crippen LogP contribution in [0.2, 0.25) is 0 Å². The Morgan fingerprint density at radius 2 is 1.90 bits per heavy atom. The molecule has 4 aromatic rings. The Hall–Kier alpha value is -3.82. The second-order valence-electron chi connectivity index (χ2n) is 10.0. The van der Waals surface area contributed by atoms with Crippen LogP contribution < -0.4 is 4.90 Å². The van der Waals surface area contributed by atoms with Crippen molar-refractivity contribution in [3.05, 3.63) is 82.8 Å². The van der Waals surface area contributed by atoms with Crippen LogP contribution in [0.3, 0.4) is 0 Å². The number of hydrogen-bond donors (Lipinski definition) is 0. The van der Waals surface area contributed by atoms with Crippen LogP contribution >= 0.6 is 0 Å². The van der Waals surface area contributed by atoms with E-state index < -0.39 is 5.97 Å². The minimum absolute atomic E-state index is 0.203. The molecule has 0 unspecified atom stereocenters. The molecule has 2 aromatic heterocycles. The van der Waals surface area contributed by atoms with E-state index in [2.05, 4.69) is 50.1 Å². The minimum atomic E-state index is -0.477. The molecule has 2 aliphatic rings. The van der Waals surface area contributed by atoms with Crippen LogP contribution in [0.25, 0.3) is 16.6 Å². The number of pyridine rings is 1. The van der Waals surface area contributed by atoms with Gasteiger partial charge in [0, 0.05) is 55.1 Å². The van der Waals surface area contributed by atoms with Gasteiger partial charge in [-0.05, 0) is 62.2 Å². The number of anilines is 1. The number of carbonyl (C=O) groups excluding carboxylic acids is 1. The predicted octanol–water partition coefficient (Wildman–Crippen LogP) is 4.44. The largest absolute Gasteiger partial charge is 0.461 e. The van der Waals surface area contributed by atoms with Gasteiger partial charge in [0.05, 0.1) is 36.7 Å². The number of piperazine rings is 1. The van der Waals surface area contributed by atoms with Crippen LogP contribution in [0.1, 0.15) is 39.9 Å². The van der Waals surface area contributed by atoms with Gasteiger partial charge in [-0.3, -0.25) is 14.5 Å². The first kappa shape index (κ1) is 25.5. The lowest BCUT2D eigenvalue weighted by molar-refractivity contribution is 0.0510. The quantitative estimate of drug-likeness (QED) is 0.342. The highest BCUT2D eigenvalue weighted by atomic mass is 19.1. The van der Waals surface area contributed by atoms with Gasteiger partial charge in [0.15, 0.2) is 5.69 Å². The summed E-state index contributed by atoms with van der Waals surface area (Å²) >= 11 is 0. The van der Waals surface area contributed by atoms with Crippen molar-refractivity contribution in [3.63, 3.8) is 0 Å². The lowest BCUT2D eigenvalue weighted by Crippen LogP contribution is -2.47. The SMILES string of the molecule is CCOC(=O)c1ncn2c1COCc1c-2ccc(F)c1CCN1CCN(c2cccc3nc(C)ccc23)CC1. The van der Waals surface area contributed by atoms with Gasteiger partial charge in [0.1, 0.15) is 12.1 Å². The fraction of sp³-hybridized carbons (Fsp3) is 0.367. The van der Waals surface area contributed by atoms with Crippen molar-refractivity contribution in [2.24, 2.45) is 0 Å². The first-order chi connectivity index (χ1) is 19.0. The van der Waals surface area contributed by atoms with Crippen LogP contribution in [0.4, 0.5) is 10.1 Å². The predicted molar refractivity (Wildman–Crippen MR) is 147 cm³/mol. The molecule has 0 N–H and O–H groups in total. The molecular weight excluding hydrogens is 497 g/mol. The third kappa shape index (κ3) is 4.88. The Labute approximate surface area is 227 Å². The summed E-state index contributed by atoms with van der Waals surface area (Å²) in [5.41, 5.74) is 6.38. The Balaban J connectivity index is 1.17. The molecule has 9 heteroatoms. The van der Waals surface area contributed by atoms with Crippen LogP contribution in [0.15, 0.2) is 48.8 Å². The third-order valence-electron chi connectivity index (χ3n) is 7.67. The van der Waals surface area contributed by atoms with Gasteiger partial charge in [-0.2, -0.15) is 0 Å². The lowest BCUT2D eigenvalue weighted by atomic mass is 10.0.